The zero-order valence-electron chi connectivity index (χ0n) is 24.1. The van der Waals surface area contributed by atoms with Gasteiger partial charge in [-0.1, -0.05) is 141 Å². The Kier molecular flexibility index (Phi) is 5.80. The van der Waals surface area contributed by atoms with Gasteiger partial charge in [0.25, 0.3) is 0 Å². The summed E-state index contributed by atoms with van der Waals surface area (Å²) in [7, 11) is 0. The van der Waals surface area contributed by atoms with Crippen LogP contribution in [-0.4, -0.2) is 15.0 Å². The second kappa shape index (κ2) is 9.85. The molecule has 0 aliphatic heterocycles. The first-order valence-electron chi connectivity index (χ1n) is 14.7. The first-order chi connectivity index (χ1) is 21.1. The Morgan fingerprint density at radius 3 is 1.65 bits per heavy atom. The van der Waals surface area contributed by atoms with E-state index in [1.165, 1.54) is 38.6 Å². The monoisotopic (exact) mass is 551 g/mol. The van der Waals surface area contributed by atoms with Crippen molar-refractivity contribution >= 4 is 10.8 Å². The summed E-state index contributed by atoms with van der Waals surface area (Å²) in [6.45, 7) is 4.68. The summed E-state index contributed by atoms with van der Waals surface area (Å²) < 4.78 is 0. The highest BCUT2D eigenvalue weighted by atomic mass is 15.0. The van der Waals surface area contributed by atoms with Gasteiger partial charge in [-0.25, -0.2) is 15.0 Å². The van der Waals surface area contributed by atoms with Gasteiger partial charge in [-0.2, -0.15) is 0 Å². The zero-order valence-corrected chi connectivity index (χ0v) is 24.1. The number of hydrogen-bond acceptors (Lipinski definition) is 3. The van der Waals surface area contributed by atoms with E-state index in [0.29, 0.717) is 17.5 Å². The maximum atomic E-state index is 5.01. The molecule has 3 heteroatoms. The van der Waals surface area contributed by atoms with Gasteiger partial charge in [-0.15, -0.1) is 0 Å². The molecule has 3 nitrogen and oxygen atoms in total. The molecule has 43 heavy (non-hydrogen) atoms. The minimum Gasteiger partial charge on any atom is -0.208 e. The summed E-state index contributed by atoms with van der Waals surface area (Å²) in [6, 6.07) is 48.9. The summed E-state index contributed by atoms with van der Waals surface area (Å²) in [6.07, 6.45) is 0. The van der Waals surface area contributed by atoms with Crippen LogP contribution in [0.15, 0.2) is 140 Å². The van der Waals surface area contributed by atoms with Crippen LogP contribution < -0.4 is 0 Å². The smallest absolute Gasteiger partial charge is 0.164 e. The predicted molar refractivity (Wildman–Crippen MR) is 177 cm³/mol. The Balaban J connectivity index is 1.37. The zero-order chi connectivity index (χ0) is 29.0. The summed E-state index contributed by atoms with van der Waals surface area (Å²) in [5, 5.41) is 2.50. The predicted octanol–water partition coefficient (Wildman–Crippen LogP) is 10.00. The summed E-state index contributed by atoms with van der Waals surface area (Å²) >= 11 is 0. The van der Waals surface area contributed by atoms with E-state index in [-0.39, 0.29) is 5.41 Å². The number of nitrogens with zero attached hydrogens (tertiary/aromatic N) is 3. The van der Waals surface area contributed by atoms with Gasteiger partial charge >= 0.3 is 0 Å². The van der Waals surface area contributed by atoms with Crippen molar-refractivity contribution in [2.75, 3.05) is 0 Å². The minimum atomic E-state index is -0.0916. The second-order valence-corrected chi connectivity index (χ2v) is 11.7. The third-order valence-electron chi connectivity index (χ3n) is 8.70. The van der Waals surface area contributed by atoms with Crippen LogP contribution in [0.2, 0.25) is 0 Å². The summed E-state index contributed by atoms with van der Waals surface area (Å²) in [4.78, 5) is 14.9. The normalized spacial score (nSPS) is 13.1. The fourth-order valence-corrected chi connectivity index (χ4v) is 6.56. The maximum absolute atomic E-state index is 5.01. The highest BCUT2D eigenvalue weighted by Gasteiger charge is 2.37. The van der Waals surface area contributed by atoms with Gasteiger partial charge in [0.15, 0.2) is 17.5 Å². The fraction of sp³-hybridized carbons (Fsp3) is 0.0750. The van der Waals surface area contributed by atoms with Gasteiger partial charge in [-0.05, 0) is 56.3 Å². The van der Waals surface area contributed by atoms with E-state index in [4.69, 9.17) is 15.0 Å². The number of aromatic nitrogens is 3. The molecule has 0 atom stereocenters. The molecule has 0 saturated heterocycles. The van der Waals surface area contributed by atoms with E-state index in [2.05, 4.69) is 92.7 Å². The molecule has 1 heterocycles. The van der Waals surface area contributed by atoms with E-state index in [1.54, 1.807) is 0 Å². The van der Waals surface area contributed by atoms with Crippen LogP contribution in [0, 0.1) is 0 Å². The van der Waals surface area contributed by atoms with E-state index < -0.39 is 0 Å². The molecule has 0 fully saturated rings. The van der Waals surface area contributed by atoms with Gasteiger partial charge in [-0.3, -0.25) is 0 Å². The highest BCUT2D eigenvalue weighted by molar-refractivity contribution is 6.08. The molecule has 204 valence electrons. The Hall–Kier alpha value is -5.41. The van der Waals surface area contributed by atoms with Gasteiger partial charge in [0, 0.05) is 22.1 Å². The molecular formula is C40H29N3. The van der Waals surface area contributed by atoms with Crippen molar-refractivity contribution in [3.05, 3.63) is 151 Å². The molecule has 0 radical (unpaired) electrons. The molecule has 0 spiro atoms. The molecule has 0 amide bonds. The van der Waals surface area contributed by atoms with Crippen molar-refractivity contribution in [1.82, 2.24) is 15.0 Å². The van der Waals surface area contributed by atoms with Crippen LogP contribution in [0.4, 0.5) is 0 Å². The number of fused-ring (bicyclic) bond motifs is 4. The average Bonchev–Trinajstić information content (AvgIpc) is 3.30. The van der Waals surface area contributed by atoms with Crippen molar-refractivity contribution in [2.24, 2.45) is 0 Å². The number of hydrogen-bond donors (Lipinski definition) is 0. The Morgan fingerprint density at radius 2 is 0.953 bits per heavy atom. The molecule has 1 aliphatic carbocycles. The topological polar surface area (TPSA) is 38.7 Å². The molecule has 6 aromatic carbocycles. The highest BCUT2D eigenvalue weighted by Crippen LogP contribution is 2.54. The van der Waals surface area contributed by atoms with E-state index in [1.807, 2.05) is 60.7 Å². The number of rotatable bonds is 4. The van der Waals surface area contributed by atoms with Gasteiger partial charge in [0.2, 0.25) is 0 Å². The van der Waals surface area contributed by atoms with Gasteiger partial charge in [0.1, 0.15) is 0 Å². The fourth-order valence-electron chi connectivity index (χ4n) is 6.56. The molecule has 7 aromatic rings. The molecule has 0 unspecified atom stereocenters. The standard InChI is InChI=1S/C40H29N3/c1-40(2)33-23-12-11-22-32(33)36-34(40)25-28-18-9-10-21-31(28)35(36)29-19-13-20-30(24-29)39-42-37(26-14-5-3-6-15-26)41-38(43-39)27-16-7-4-8-17-27/h3-25H,1-2H3. The molecule has 0 saturated carbocycles. The average molecular weight is 552 g/mol. The van der Waals surface area contributed by atoms with Crippen LogP contribution in [0.25, 0.3) is 67.2 Å². The Morgan fingerprint density at radius 1 is 0.419 bits per heavy atom. The third kappa shape index (κ3) is 4.16. The van der Waals surface area contributed by atoms with E-state index in [0.717, 1.165) is 22.3 Å². The lowest BCUT2D eigenvalue weighted by atomic mass is 9.80. The van der Waals surface area contributed by atoms with E-state index >= 15 is 0 Å². The summed E-state index contributed by atoms with van der Waals surface area (Å²) in [5.74, 6) is 1.99. The first kappa shape index (κ1) is 25.3. The summed E-state index contributed by atoms with van der Waals surface area (Å²) in [5.41, 5.74) is 10.6. The first-order valence-corrected chi connectivity index (χ1v) is 14.7. The Bertz CT molecular complexity index is 2090. The van der Waals surface area contributed by atoms with Crippen molar-refractivity contribution in [3.8, 4) is 56.4 Å². The lowest BCUT2D eigenvalue weighted by Crippen LogP contribution is -2.14. The minimum absolute atomic E-state index is 0.0916. The molecule has 1 aliphatic rings. The maximum Gasteiger partial charge on any atom is 0.164 e. The molecule has 0 bridgehead atoms. The lowest BCUT2D eigenvalue weighted by Gasteiger charge is -2.23. The van der Waals surface area contributed by atoms with E-state index in [9.17, 15) is 0 Å². The molecule has 1 aromatic heterocycles. The van der Waals surface area contributed by atoms with Crippen molar-refractivity contribution in [1.29, 1.82) is 0 Å². The van der Waals surface area contributed by atoms with Crippen LogP contribution in [0.3, 0.4) is 0 Å². The van der Waals surface area contributed by atoms with Crippen molar-refractivity contribution < 1.29 is 0 Å². The molecule has 8 rings (SSSR count). The quantitative estimate of drug-likeness (QED) is 0.218. The number of benzene rings is 6. The van der Waals surface area contributed by atoms with Crippen molar-refractivity contribution in [3.63, 3.8) is 0 Å². The van der Waals surface area contributed by atoms with Gasteiger partial charge in [0.05, 0.1) is 0 Å². The van der Waals surface area contributed by atoms with Crippen molar-refractivity contribution in [2.45, 2.75) is 19.3 Å². The SMILES string of the molecule is CC1(C)c2ccccc2-c2c1cc1ccccc1c2-c1cccc(-c2nc(-c3ccccc3)nc(-c3ccccc3)n2)c1. The van der Waals surface area contributed by atoms with Crippen LogP contribution >= 0.6 is 0 Å². The molecular weight excluding hydrogens is 522 g/mol. The van der Waals surface area contributed by atoms with Gasteiger partial charge < -0.3 is 0 Å². The van der Waals surface area contributed by atoms with Crippen LogP contribution in [0.5, 0.6) is 0 Å². The third-order valence-corrected chi connectivity index (χ3v) is 8.70. The Labute approximate surface area is 251 Å². The molecule has 0 N–H and O–H groups in total. The second-order valence-electron chi connectivity index (χ2n) is 11.7. The van der Waals surface area contributed by atoms with Crippen LogP contribution in [0.1, 0.15) is 25.0 Å². The lowest BCUT2D eigenvalue weighted by molar-refractivity contribution is 0.661. The largest absolute Gasteiger partial charge is 0.208 e. The van der Waals surface area contributed by atoms with Crippen LogP contribution in [-0.2, 0) is 5.41 Å².